The van der Waals surface area contributed by atoms with E-state index in [0.29, 0.717) is 24.1 Å². The minimum absolute atomic E-state index is 0.0237. The quantitative estimate of drug-likeness (QED) is 0.759. The van der Waals surface area contributed by atoms with Crippen LogP contribution in [0.1, 0.15) is 24.5 Å². The molecular formula is C15H21NO4S. The summed E-state index contributed by atoms with van der Waals surface area (Å²) >= 11 is 0. The second-order valence-electron chi connectivity index (χ2n) is 4.48. The lowest BCUT2D eigenvalue weighted by Gasteiger charge is -2.20. The van der Waals surface area contributed by atoms with Crippen molar-refractivity contribution >= 4 is 10.0 Å². The highest BCUT2D eigenvalue weighted by molar-refractivity contribution is 7.89. The fourth-order valence-electron chi connectivity index (χ4n) is 1.88. The molecule has 0 aromatic heterocycles. The van der Waals surface area contributed by atoms with E-state index in [-0.39, 0.29) is 24.7 Å². The number of hydrogen-bond acceptors (Lipinski definition) is 4. The molecule has 0 saturated heterocycles. The number of aliphatic hydroxyl groups is 2. The van der Waals surface area contributed by atoms with Crippen molar-refractivity contribution in [3.05, 3.63) is 29.3 Å². The Bertz CT molecular complexity index is 629. The SMILES string of the molecule is CCN(CCO)S(=O)(=O)c1cc(C#CCCO)ccc1C. The molecule has 0 unspecified atom stereocenters. The van der Waals surface area contributed by atoms with Crippen molar-refractivity contribution in [1.29, 1.82) is 0 Å². The molecule has 0 heterocycles. The third kappa shape index (κ3) is 4.55. The number of benzene rings is 1. The molecule has 6 heteroatoms. The second kappa shape index (κ2) is 8.15. The molecule has 0 atom stereocenters. The molecule has 1 rings (SSSR count). The van der Waals surface area contributed by atoms with Crippen molar-refractivity contribution in [2.45, 2.75) is 25.2 Å². The summed E-state index contributed by atoms with van der Waals surface area (Å²) in [5.41, 5.74) is 1.23. The van der Waals surface area contributed by atoms with Crippen LogP contribution in [0, 0.1) is 18.8 Å². The zero-order chi connectivity index (χ0) is 15.9. The Labute approximate surface area is 126 Å². The van der Waals surface area contributed by atoms with Crippen molar-refractivity contribution in [2.75, 3.05) is 26.3 Å². The molecule has 0 amide bonds. The molecule has 0 fully saturated rings. The van der Waals surface area contributed by atoms with E-state index in [9.17, 15) is 8.42 Å². The molecule has 0 spiro atoms. The minimum atomic E-state index is -3.64. The summed E-state index contributed by atoms with van der Waals surface area (Å²) in [6.07, 6.45) is 0.349. The Hall–Kier alpha value is -1.39. The standard InChI is InChI=1S/C15H21NO4S/c1-3-16(9-11-18)21(19,20)15-12-14(6-4-5-10-17)8-7-13(15)2/h7-8,12,17-18H,3,5,9-11H2,1-2H3. The molecule has 0 aliphatic rings. The molecule has 2 N–H and O–H groups in total. The first kappa shape index (κ1) is 17.7. The Balaban J connectivity index is 3.23. The normalized spacial score (nSPS) is 11.3. The maximum absolute atomic E-state index is 12.6. The van der Waals surface area contributed by atoms with Gasteiger partial charge < -0.3 is 10.2 Å². The number of aliphatic hydroxyl groups excluding tert-OH is 2. The van der Waals surface area contributed by atoms with E-state index in [2.05, 4.69) is 11.8 Å². The van der Waals surface area contributed by atoms with Gasteiger partial charge in [0.25, 0.3) is 0 Å². The topological polar surface area (TPSA) is 77.8 Å². The van der Waals surface area contributed by atoms with E-state index in [4.69, 9.17) is 10.2 Å². The zero-order valence-electron chi connectivity index (χ0n) is 12.3. The van der Waals surface area contributed by atoms with Gasteiger partial charge >= 0.3 is 0 Å². The number of likely N-dealkylation sites (N-methyl/N-ethyl adjacent to an activating group) is 1. The van der Waals surface area contributed by atoms with E-state index < -0.39 is 10.0 Å². The van der Waals surface area contributed by atoms with Gasteiger partial charge in [0.15, 0.2) is 0 Å². The van der Waals surface area contributed by atoms with Crippen molar-refractivity contribution < 1.29 is 18.6 Å². The van der Waals surface area contributed by atoms with Crippen LogP contribution in [0.15, 0.2) is 23.1 Å². The first-order valence-corrected chi connectivity index (χ1v) is 8.22. The average molecular weight is 311 g/mol. The maximum atomic E-state index is 12.6. The maximum Gasteiger partial charge on any atom is 0.243 e. The van der Waals surface area contributed by atoms with Gasteiger partial charge in [-0.05, 0) is 24.6 Å². The fraction of sp³-hybridized carbons (Fsp3) is 0.467. The van der Waals surface area contributed by atoms with Crippen molar-refractivity contribution in [2.24, 2.45) is 0 Å². The van der Waals surface area contributed by atoms with Gasteiger partial charge in [0.05, 0.1) is 18.1 Å². The highest BCUT2D eigenvalue weighted by Gasteiger charge is 2.24. The Morgan fingerprint density at radius 3 is 2.52 bits per heavy atom. The number of hydrogen-bond donors (Lipinski definition) is 2. The average Bonchev–Trinajstić information content (AvgIpc) is 2.46. The largest absolute Gasteiger partial charge is 0.395 e. The van der Waals surface area contributed by atoms with E-state index in [1.165, 1.54) is 10.4 Å². The van der Waals surface area contributed by atoms with Crippen LogP contribution < -0.4 is 0 Å². The van der Waals surface area contributed by atoms with Gasteiger partial charge in [-0.25, -0.2) is 8.42 Å². The molecule has 116 valence electrons. The van der Waals surface area contributed by atoms with Crippen LogP contribution in [-0.2, 0) is 10.0 Å². The van der Waals surface area contributed by atoms with Gasteiger partial charge in [-0.3, -0.25) is 0 Å². The molecule has 0 radical (unpaired) electrons. The van der Waals surface area contributed by atoms with E-state index >= 15 is 0 Å². The number of nitrogens with zero attached hydrogens (tertiary/aromatic N) is 1. The van der Waals surface area contributed by atoms with E-state index in [0.717, 1.165) is 0 Å². The van der Waals surface area contributed by atoms with Gasteiger partial charge in [-0.1, -0.05) is 24.8 Å². The van der Waals surface area contributed by atoms with Gasteiger partial charge in [0.1, 0.15) is 0 Å². The Morgan fingerprint density at radius 2 is 1.95 bits per heavy atom. The van der Waals surface area contributed by atoms with E-state index in [1.807, 2.05) is 0 Å². The third-order valence-electron chi connectivity index (χ3n) is 2.98. The Kier molecular flexibility index (Phi) is 6.85. The molecule has 0 bridgehead atoms. The molecule has 0 aliphatic heterocycles. The highest BCUT2D eigenvalue weighted by atomic mass is 32.2. The van der Waals surface area contributed by atoms with Crippen LogP contribution in [0.5, 0.6) is 0 Å². The van der Waals surface area contributed by atoms with Crippen LogP contribution in [0.3, 0.4) is 0 Å². The number of rotatable bonds is 6. The highest BCUT2D eigenvalue weighted by Crippen LogP contribution is 2.21. The van der Waals surface area contributed by atoms with Crippen LogP contribution >= 0.6 is 0 Å². The molecule has 0 saturated carbocycles. The van der Waals surface area contributed by atoms with Gasteiger partial charge in [-0.2, -0.15) is 4.31 Å². The number of aryl methyl sites for hydroxylation is 1. The second-order valence-corrected chi connectivity index (χ2v) is 6.38. The molecule has 0 aliphatic carbocycles. The van der Waals surface area contributed by atoms with Crippen molar-refractivity contribution in [1.82, 2.24) is 4.31 Å². The summed E-state index contributed by atoms with van der Waals surface area (Å²) in [4.78, 5) is 0.202. The lowest BCUT2D eigenvalue weighted by atomic mass is 10.1. The lowest BCUT2D eigenvalue weighted by Crippen LogP contribution is -2.33. The predicted octanol–water partition coefficient (Wildman–Crippen LogP) is 0.732. The summed E-state index contributed by atoms with van der Waals surface area (Å²) in [6, 6.07) is 5.00. The van der Waals surface area contributed by atoms with Crippen LogP contribution in [0.25, 0.3) is 0 Å². The summed E-state index contributed by atoms with van der Waals surface area (Å²) < 4.78 is 26.4. The Morgan fingerprint density at radius 1 is 1.24 bits per heavy atom. The minimum Gasteiger partial charge on any atom is -0.395 e. The first-order chi connectivity index (χ1) is 9.97. The summed E-state index contributed by atoms with van der Waals surface area (Å²) in [7, 11) is -3.64. The summed E-state index contributed by atoms with van der Waals surface area (Å²) in [6.45, 7) is 3.58. The third-order valence-corrected chi connectivity index (χ3v) is 5.09. The van der Waals surface area contributed by atoms with Crippen molar-refractivity contribution in [3.63, 3.8) is 0 Å². The summed E-state index contributed by atoms with van der Waals surface area (Å²) in [5, 5.41) is 17.7. The van der Waals surface area contributed by atoms with Gasteiger partial charge in [0, 0.05) is 25.1 Å². The van der Waals surface area contributed by atoms with Crippen LogP contribution in [-0.4, -0.2) is 49.2 Å². The molecule has 1 aromatic carbocycles. The monoisotopic (exact) mass is 311 g/mol. The zero-order valence-corrected chi connectivity index (χ0v) is 13.2. The molecule has 5 nitrogen and oxygen atoms in total. The van der Waals surface area contributed by atoms with Crippen molar-refractivity contribution in [3.8, 4) is 11.8 Å². The predicted molar refractivity (Wildman–Crippen MR) is 81.3 cm³/mol. The molecule has 1 aromatic rings. The van der Waals surface area contributed by atoms with Crippen LogP contribution in [0.2, 0.25) is 0 Å². The van der Waals surface area contributed by atoms with E-state index in [1.54, 1.807) is 26.0 Å². The molecular weight excluding hydrogens is 290 g/mol. The van der Waals surface area contributed by atoms with Gasteiger partial charge in [0.2, 0.25) is 10.0 Å². The number of sulfonamides is 1. The summed E-state index contributed by atoms with van der Waals surface area (Å²) in [5.74, 6) is 5.60. The van der Waals surface area contributed by atoms with Crippen LogP contribution in [0.4, 0.5) is 0 Å². The van der Waals surface area contributed by atoms with Gasteiger partial charge in [-0.15, -0.1) is 0 Å². The fourth-order valence-corrected chi connectivity index (χ4v) is 3.57. The lowest BCUT2D eigenvalue weighted by molar-refractivity contribution is 0.257. The molecule has 21 heavy (non-hydrogen) atoms. The first-order valence-electron chi connectivity index (χ1n) is 6.78. The smallest absolute Gasteiger partial charge is 0.243 e.